The van der Waals surface area contributed by atoms with Crippen LogP contribution in [0, 0.1) is 0 Å². The Balaban J connectivity index is 3.07. The number of rotatable bonds is 3. The summed E-state index contributed by atoms with van der Waals surface area (Å²) in [6.45, 7) is 3.59. The molecule has 0 aromatic carbocycles. The minimum atomic E-state index is -0.241. The monoisotopic (exact) mass is 198 g/mol. The number of halogens is 1. The zero-order valence-electron chi connectivity index (χ0n) is 7.33. The summed E-state index contributed by atoms with van der Waals surface area (Å²) in [5, 5.41) is 0.367. The van der Waals surface area contributed by atoms with Crippen molar-refractivity contribution in [3.8, 4) is 5.88 Å². The largest absolute Gasteiger partial charge is 0.481 e. The maximum atomic E-state index is 5.75. The van der Waals surface area contributed by atoms with Gasteiger partial charge >= 0.3 is 0 Å². The summed E-state index contributed by atoms with van der Waals surface area (Å²) in [7, 11) is 1.53. The third-order valence-corrected chi connectivity index (χ3v) is 1.83. The number of nitrogens with zero attached hydrogens (tertiary/aromatic N) is 1. The van der Waals surface area contributed by atoms with E-state index in [2.05, 4.69) is 11.6 Å². The summed E-state index contributed by atoms with van der Waals surface area (Å²) in [5.41, 5.74) is 6.57. The van der Waals surface area contributed by atoms with Crippen molar-refractivity contribution in [2.24, 2.45) is 5.73 Å². The summed E-state index contributed by atoms with van der Waals surface area (Å²) in [5.74, 6) is 0.458. The van der Waals surface area contributed by atoms with Crippen LogP contribution in [0.2, 0.25) is 5.15 Å². The Morgan fingerprint density at radius 1 is 1.69 bits per heavy atom. The minimum Gasteiger partial charge on any atom is -0.481 e. The van der Waals surface area contributed by atoms with Crippen molar-refractivity contribution < 1.29 is 4.74 Å². The predicted octanol–water partition coefficient (Wildman–Crippen LogP) is 1.93. The maximum absolute atomic E-state index is 5.75. The molecule has 1 atom stereocenters. The van der Waals surface area contributed by atoms with Crippen molar-refractivity contribution in [2.75, 3.05) is 7.11 Å². The molecule has 1 aromatic heterocycles. The topological polar surface area (TPSA) is 48.1 Å². The highest BCUT2D eigenvalue weighted by Gasteiger charge is 2.05. The van der Waals surface area contributed by atoms with Gasteiger partial charge in [-0.3, -0.25) is 0 Å². The lowest BCUT2D eigenvalue weighted by molar-refractivity contribution is 0.397. The third-order valence-electron chi connectivity index (χ3n) is 1.64. The fourth-order valence-corrected chi connectivity index (χ4v) is 1.13. The van der Waals surface area contributed by atoms with Crippen LogP contribution in [-0.2, 0) is 0 Å². The van der Waals surface area contributed by atoms with Gasteiger partial charge in [-0.05, 0) is 11.6 Å². The molecule has 1 heterocycles. The molecule has 0 saturated heterocycles. The molecule has 0 unspecified atom stereocenters. The van der Waals surface area contributed by atoms with Gasteiger partial charge in [0.1, 0.15) is 5.15 Å². The number of ether oxygens (including phenoxy) is 1. The number of pyridine rings is 1. The van der Waals surface area contributed by atoms with Crippen LogP contribution >= 0.6 is 11.6 Å². The Morgan fingerprint density at radius 3 is 2.92 bits per heavy atom. The zero-order valence-corrected chi connectivity index (χ0v) is 8.08. The second-order valence-electron chi connectivity index (χ2n) is 2.53. The highest BCUT2D eigenvalue weighted by molar-refractivity contribution is 6.29. The third kappa shape index (κ3) is 2.44. The van der Waals surface area contributed by atoms with Gasteiger partial charge < -0.3 is 10.5 Å². The van der Waals surface area contributed by atoms with E-state index in [1.54, 1.807) is 18.2 Å². The highest BCUT2D eigenvalue weighted by Crippen LogP contribution is 2.20. The molecular formula is C9H11ClN2O. The highest BCUT2D eigenvalue weighted by atomic mass is 35.5. The molecule has 0 aliphatic carbocycles. The molecule has 0 radical (unpaired) electrons. The minimum absolute atomic E-state index is 0.241. The molecule has 0 fully saturated rings. The molecule has 3 nitrogen and oxygen atoms in total. The smallest absolute Gasteiger partial charge is 0.214 e. The molecule has 0 aliphatic heterocycles. The van der Waals surface area contributed by atoms with Crippen molar-refractivity contribution in [2.45, 2.75) is 6.04 Å². The molecule has 1 aromatic rings. The van der Waals surface area contributed by atoms with E-state index < -0.39 is 0 Å². The number of nitrogens with two attached hydrogens (primary N) is 1. The predicted molar refractivity (Wildman–Crippen MR) is 52.9 cm³/mol. The van der Waals surface area contributed by atoms with E-state index in [1.165, 1.54) is 7.11 Å². The van der Waals surface area contributed by atoms with Crippen LogP contribution in [-0.4, -0.2) is 12.1 Å². The van der Waals surface area contributed by atoms with Gasteiger partial charge in [0.05, 0.1) is 7.11 Å². The van der Waals surface area contributed by atoms with Crippen molar-refractivity contribution in [1.29, 1.82) is 0 Å². The number of methoxy groups -OCH3 is 1. The molecule has 0 saturated carbocycles. The quantitative estimate of drug-likeness (QED) is 0.597. The summed E-state index contributed by atoms with van der Waals surface area (Å²) < 4.78 is 4.94. The van der Waals surface area contributed by atoms with Gasteiger partial charge in [0.2, 0.25) is 5.88 Å². The van der Waals surface area contributed by atoms with Gasteiger partial charge in [0.15, 0.2) is 0 Å². The number of hydrogen-bond acceptors (Lipinski definition) is 3. The summed E-state index contributed by atoms with van der Waals surface area (Å²) >= 11 is 5.75. The molecule has 0 bridgehead atoms. The Bertz CT molecular complexity index is 314. The SMILES string of the molecule is C=C[C@@H](N)c1cc(Cl)nc(OC)c1. The lowest BCUT2D eigenvalue weighted by Gasteiger charge is -2.08. The lowest BCUT2D eigenvalue weighted by atomic mass is 10.1. The molecular weight excluding hydrogens is 188 g/mol. The molecule has 1 rings (SSSR count). The first-order valence-corrected chi connectivity index (χ1v) is 4.14. The van der Waals surface area contributed by atoms with Crippen LogP contribution in [0.5, 0.6) is 5.88 Å². The van der Waals surface area contributed by atoms with E-state index in [1.807, 2.05) is 0 Å². The van der Waals surface area contributed by atoms with E-state index in [-0.39, 0.29) is 6.04 Å². The maximum Gasteiger partial charge on any atom is 0.214 e. The molecule has 0 amide bonds. The fraction of sp³-hybridized carbons (Fsp3) is 0.222. The van der Waals surface area contributed by atoms with Crippen LogP contribution in [0.3, 0.4) is 0 Å². The van der Waals surface area contributed by atoms with Crippen LogP contribution in [0.25, 0.3) is 0 Å². The van der Waals surface area contributed by atoms with Crippen LogP contribution in [0.15, 0.2) is 24.8 Å². The average Bonchev–Trinajstić information content (AvgIpc) is 2.15. The zero-order chi connectivity index (χ0) is 9.84. The molecule has 2 N–H and O–H groups in total. The molecule has 0 spiro atoms. The standard InChI is InChI=1S/C9H11ClN2O/c1-3-7(11)6-4-8(10)12-9(5-6)13-2/h3-5,7H,1,11H2,2H3/t7-/m1/s1. The fourth-order valence-electron chi connectivity index (χ4n) is 0.925. The summed E-state index contributed by atoms with van der Waals surface area (Å²) in [6.07, 6.45) is 1.63. The Kier molecular flexibility index (Phi) is 3.28. The molecule has 70 valence electrons. The molecule has 4 heteroatoms. The average molecular weight is 199 g/mol. The van der Waals surface area contributed by atoms with Gasteiger partial charge in [0, 0.05) is 12.1 Å². The van der Waals surface area contributed by atoms with E-state index in [0.717, 1.165) is 5.56 Å². The van der Waals surface area contributed by atoms with Gasteiger partial charge in [-0.1, -0.05) is 17.7 Å². The van der Waals surface area contributed by atoms with E-state index in [4.69, 9.17) is 22.1 Å². The Labute approximate surface area is 82.2 Å². The van der Waals surface area contributed by atoms with Crippen molar-refractivity contribution in [3.63, 3.8) is 0 Å². The number of hydrogen-bond donors (Lipinski definition) is 1. The van der Waals surface area contributed by atoms with Gasteiger partial charge in [0.25, 0.3) is 0 Å². The van der Waals surface area contributed by atoms with E-state index in [9.17, 15) is 0 Å². The first kappa shape index (κ1) is 10.0. The van der Waals surface area contributed by atoms with Gasteiger partial charge in [-0.15, -0.1) is 6.58 Å². The van der Waals surface area contributed by atoms with Crippen LogP contribution < -0.4 is 10.5 Å². The molecule has 0 aliphatic rings. The lowest BCUT2D eigenvalue weighted by Crippen LogP contribution is -2.07. The summed E-state index contributed by atoms with van der Waals surface area (Å²) in [6, 6.07) is 3.18. The van der Waals surface area contributed by atoms with Crippen molar-refractivity contribution >= 4 is 11.6 Å². The first-order chi connectivity index (χ1) is 6.17. The second-order valence-corrected chi connectivity index (χ2v) is 2.91. The van der Waals surface area contributed by atoms with E-state index in [0.29, 0.717) is 11.0 Å². The van der Waals surface area contributed by atoms with E-state index >= 15 is 0 Å². The Morgan fingerprint density at radius 2 is 2.38 bits per heavy atom. The van der Waals surface area contributed by atoms with Crippen molar-refractivity contribution in [1.82, 2.24) is 4.98 Å². The number of aromatic nitrogens is 1. The van der Waals surface area contributed by atoms with Crippen LogP contribution in [0.1, 0.15) is 11.6 Å². The van der Waals surface area contributed by atoms with Crippen LogP contribution in [0.4, 0.5) is 0 Å². The van der Waals surface area contributed by atoms with Gasteiger partial charge in [-0.2, -0.15) is 0 Å². The summed E-state index contributed by atoms with van der Waals surface area (Å²) in [4.78, 5) is 3.92. The van der Waals surface area contributed by atoms with Crippen molar-refractivity contribution in [3.05, 3.63) is 35.5 Å². The second kappa shape index (κ2) is 4.25. The van der Waals surface area contributed by atoms with Gasteiger partial charge in [-0.25, -0.2) is 4.98 Å². The first-order valence-electron chi connectivity index (χ1n) is 3.77. The Hall–Kier alpha value is -1.06. The normalized spacial score (nSPS) is 12.2. The molecule has 13 heavy (non-hydrogen) atoms.